The van der Waals surface area contributed by atoms with Crippen LogP contribution in [-0.2, 0) is 0 Å². The van der Waals surface area contributed by atoms with Crippen LogP contribution in [0.1, 0.15) is 50.0 Å². The number of benzene rings is 1. The third-order valence-electron chi connectivity index (χ3n) is 4.14. The summed E-state index contributed by atoms with van der Waals surface area (Å²) in [5.74, 6) is 0. The maximum absolute atomic E-state index is 10.4. The van der Waals surface area contributed by atoms with Crippen LogP contribution in [0, 0.1) is 13.8 Å². The molecule has 0 saturated heterocycles. The third kappa shape index (κ3) is 3.56. The van der Waals surface area contributed by atoms with Gasteiger partial charge < -0.3 is 5.11 Å². The fraction of sp³-hybridized carbons (Fsp3) is 0.625. The van der Waals surface area contributed by atoms with Crippen LogP contribution in [0.5, 0.6) is 0 Å². The van der Waals surface area contributed by atoms with Gasteiger partial charge in [0.15, 0.2) is 0 Å². The number of aliphatic hydroxyl groups is 1. The van der Waals surface area contributed by atoms with Crippen molar-refractivity contribution < 1.29 is 5.11 Å². The number of rotatable bonds is 5. The lowest BCUT2D eigenvalue weighted by Gasteiger charge is -2.36. The highest BCUT2D eigenvalue weighted by atomic mass is 16.3. The van der Waals surface area contributed by atoms with Gasteiger partial charge in [-0.05, 0) is 52.3 Å². The second kappa shape index (κ2) is 5.85. The zero-order valence-corrected chi connectivity index (χ0v) is 12.6. The van der Waals surface area contributed by atoms with Crippen molar-refractivity contribution in [3.63, 3.8) is 0 Å². The Bertz CT molecular complexity index is 398. The third-order valence-corrected chi connectivity index (χ3v) is 4.14. The van der Waals surface area contributed by atoms with Crippen LogP contribution in [0.4, 0.5) is 0 Å². The number of nitrogens with zero attached hydrogens (tertiary/aromatic N) is 1. The summed E-state index contributed by atoms with van der Waals surface area (Å²) in [4.78, 5) is 2.24. The van der Waals surface area contributed by atoms with Crippen LogP contribution >= 0.6 is 0 Å². The minimum atomic E-state index is -0.416. The second-order valence-corrected chi connectivity index (χ2v) is 5.92. The molecule has 18 heavy (non-hydrogen) atoms. The molecular weight excluding hydrogens is 222 g/mol. The Morgan fingerprint density at radius 2 is 1.89 bits per heavy atom. The molecule has 2 nitrogen and oxygen atoms in total. The normalized spacial score (nSPS) is 14.0. The Balaban J connectivity index is 2.82. The van der Waals surface area contributed by atoms with Gasteiger partial charge >= 0.3 is 0 Å². The maximum Gasteiger partial charge on any atom is 0.0919 e. The van der Waals surface area contributed by atoms with Crippen molar-refractivity contribution in [1.82, 2.24) is 4.90 Å². The Morgan fingerprint density at radius 1 is 1.28 bits per heavy atom. The molecule has 0 aliphatic carbocycles. The number of hydrogen-bond donors (Lipinski definition) is 1. The summed E-state index contributed by atoms with van der Waals surface area (Å²) in [7, 11) is 2.08. The van der Waals surface area contributed by atoms with Crippen molar-refractivity contribution >= 4 is 0 Å². The Kier molecular flexibility index (Phi) is 4.94. The minimum Gasteiger partial charge on any atom is -0.387 e. The van der Waals surface area contributed by atoms with E-state index < -0.39 is 6.10 Å². The van der Waals surface area contributed by atoms with Crippen LogP contribution in [0.3, 0.4) is 0 Å². The lowest BCUT2D eigenvalue weighted by Crippen LogP contribution is -2.42. The molecule has 1 atom stereocenters. The topological polar surface area (TPSA) is 23.5 Å². The first-order valence-corrected chi connectivity index (χ1v) is 6.74. The van der Waals surface area contributed by atoms with Gasteiger partial charge in [0.2, 0.25) is 0 Å². The molecule has 0 saturated carbocycles. The monoisotopic (exact) mass is 249 g/mol. The zero-order chi connectivity index (χ0) is 13.9. The van der Waals surface area contributed by atoms with Gasteiger partial charge in [0.05, 0.1) is 6.10 Å². The van der Waals surface area contributed by atoms with Crippen molar-refractivity contribution in [2.45, 2.75) is 52.7 Å². The Hall–Kier alpha value is -0.860. The predicted octanol–water partition coefficient (Wildman–Crippen LogP) is 3.46. The second-order valence-electron chi connectivity index (χ2n) is 5.92. The molecule has 0 amide bonds. The summed E-state index contributed by atoms with van der Waals surface area (Å²) in [5, 5.41) is 10.4. The van der Waals surface area contributed by atoms with Crippen molar-refractivity contribution in [2.24, 2.45) is 0 Å². The van der Waals surface area contributed by atoms with E-state index in [4.69, 9.17) is 0 Å². The average Bonchev–Trinajstić information content (AvgIpc) is 2.31. The van der Waals surface area contributed by atoms with E-state index >= 15 is 0 Å². The number of hydrogen-bond acceptors (Lipinski definition) is 2. The summed E-state index contributed by atoms with van der Waals surface area (Å²) < 4.78 is 0. The number of aliphatic hydroxyl groups excluding tert-OH is 1. The summed E-state index contributed by atoms with van der Waals surface area (Å²) in [6, 6.07) is 6.26. The summed E-state index contributed by atoms with van der Waals surface area (Å²) in [6.07, 6.45) is 0.656. The number of β-amino-alcohol motifs (C(OH)–C–C–N with tert-alkyl or cyclic N) is 1. The van der Waals surface area contributed by atoms with Crippen LogP contribution in [0.2, 0.25) is 0 Å². The van der Waals surface area contributed by atoms with E-state index in [0.29, 0.717) is 6.54 Å². The molecule has 0 aliphatic rings. The van der Waals surface area contributed by atoms with E-state index in [2.05, 4.69) is 64.8 Å². The highest BCUT2D eigenvalue weighted by Gasteiger charge is 2.24. The van der Waals surface area contributed by atoms with Crippen LogP contribution < -0.4 is 0 Å². The Labute approximate surface area is 112 Å². The van der Waals surface area contributed by atoms with Gasteiger partial charge in [-0.3, -0.25) is 4.90 Å². The van der Waals surface area contributed by atoms with E-state index in [9.17, 15) is 5.11 Å². The van der Waals surface area contributed by atoms with Crippen LogP contribution in [0.15, 0.2) is 18.2 Å². The highest BCUT2D eigenvalue weighted by Crippen LogP contribution is 2.24. The van der Waals surface area contributed by atoms with Crippen LogP contribution in [0.25, 0.3) is 0 Å². The minimum absolute atomic E-state index is 0.124. The molecule has 0 radical (unpaired) electrons. The van der Waals surface area contributed by atoms with Gasteiger partial charge in [0, 0.05) is 12.1 Å². The van der Waals surface area contributed by atoms with Crippen LogP contribution in [-0.4, -0.2) is 29.1 Å². The first kappa shape index (κ1) is 15.2. The largest absolute Gasteiger partial charge is 0.387 e. The van der Waals surface area contributed by atoms with Gasteiger partial charge in [0.1, 0.15) is 0 Å². The lowest BCUT2D eigenvalue weighted by molar-refractivity contribution is 0.0683. The van der Waals surface area contributed by atoms with Crippen molar-refractivity contribution in [3.8, 4) is 0 Å². The maximum atomic E-state index is 10.4. The number of likely N-dealkylation sites (N-methyl/N-ethyl adjacent to an activating group) is 1. The van der Waals surface area contributed by atoms with Crippen molar-refractivity contribution in [3.05, 3.63) is 34.9 Å². The fourth-order valence-electron chi connectivity index (χ4n) is 1.99. The van der Waals surface area contributed by atoms with Crippen molar-refractivity contribution in [2.75, 3.05) is 13.6 Å². The SMILES string of the molecule is CCC(C)(C)N(C)CC(O)c1cc(C)ccc1C. The first-order chi connectivity index (χ1) is 8.27. The van der Waals surface area contributed by atoms with E-state index in [1.54, 1.807) is 0 Å². The van der Waals surface area contributed by atoms with Gasteiger partial charge in [-0.2, -0.15) is 0 Å². The molecule has 0 bridgehead atoms. The Morgan fingerprint density at radius 3 is 2.44 bits per heavy atom. The summed E-state index contributed by atoms with van der Waals surface area (Å²) in [6.45, 7) is 11.4. The molecule has 1 rings (SSSR count). The molecule has 1 N–H and O–H groups in total. The molecule has 102 valence electrons. The highest BCUT2D eigenvalue weighted by molar-refractivity contribution is 5.32. The lowest BCUT2D eigenvalue weighted by atomic mass is 9.96. The molecular formula is C16H27NO. The molecule has 1 aromatic carbocycles. The molecule has 0 spiro atoms. The number of aryl methyl sites for hydroxylation is 2. The molecule has 0 heterocycles. The summed E-state index contributed by atoms with van der Waals surface area (Å²) in [5.41, 5.74) is 3.54. The first-order valence-electron chi connectivity index (χ1n) is 6.74. The molecule has 0 fully saturated rings. The van der Waals surface area contributed by atoms with Gasteiger partial charge in [-0.1, -0.05) is 30.7 Å². The van der Waals surface area contributed by atoms with Gasteiger partial charge in [0.25, 0.3) is 0 Å². The van der Waals surface area contributed by atoms with E-state index in [1.165, 1.54) is 5.56 Å². The fourth-order valence-corrected chi connectivity index (χ4v) is 1.99. The molecule has 1 aromatic rings. The quantitative estimate of drug-likeness (QED) is 0.864. The molecule has 2 heteroatoms. The standard InChI is InChI=1S/C16H27NO/c1-7-16(4,5)17(6)11-15(18)14-10-12(2)8-9-13(14)3/h8-10,15,18H,7,11H2,1-6H3. The van der Waals surface area contributed by atoms with E-state index in [1.807, 2.05) is 0 Å². The molecule has 0 aliphatic heterocycles. The smallest absolute Gasteiger partial charge is 0.0919 e. The molecule has 0 aromatic heterocycles. The average molecular weight is 249 g/mol. The predicted molar refractivity (Wildman–Crippen MR) is 77.9 cm³/mol. The van der Waals surface area contributed by atoms with Gasteiger partial charge in [-0.15, -0.1) is 0 Å². The van der Waals surface area contributed by atoms with E-state index in [-0.39, 0.29) is 5.54 Å². The van der Waals surface area contributed by atoms with Gasteiger partial charge in [-0.25, -0.2) is 0 Å². The van der Waals surface area contributed by atoms with E-state index in [0.717, 1.165) is 17.5 Å². The molecule has 1 unspecified atom stereocenters. The summed E-state index contributed by atoms with van der Waals surface area (Å²) >= 11 is 0. The zero-order valence-electron chi connectivity index (χ0n) is 12.6. The van der Waals surface area contributed by atoms with Crippen molar-refractivity contribution in [1.29, 1.82) is 0 Å².